The highest BCUT2D eigenvalue weighted by Crippen LogP contribution is 2.21. The molecule has 0 saturated carbocycles. The number of aromatic nitrogens is 1. The van der Waals surface area contributed by atoms with Gasteiger partial charge in [-0.2, -0.15) is 4.98 Å². The minimum atomic E-state index is -0.229. The van der Waals surface area contributed by atoms with Crippen molar-refractivity contribution in [2.75, 3.05) is 18.2 Å². The largest absolute Gasteiger partial charge is 0.481 e. The van der Waals surface area contributed by atoms with Crippen LogP contribution in [0.25, 0.3) is 0 Å². The van der Waals surface area contributed by atoms with Gasteiger partial charge in [-0.1, -0.05) is 12.1 Å². The van der Waals surface area contributed by atoms with Gasteiger partial charge in [0, 0.05) is 12.1 Å². The Kier molecular flexibility index (Phi) is 4.40. The van der Waals surface area contributed by atoms with Crippen molar-refractivity contribution in [1.82, 2.24) is 4.98 Å². The number of benzene rings is 1. The number of nitrogen functional groups attached to an aromatic ring is 1. The highest BCUT2D eigenvalue weighted by molar-refractivity contribution is 5.62. The first-order valence-electron chi connectivity index (χ1n) is 6.40. The normalized spacial score (nSPS) is 11.9. The fraction of sp³-hybridized carbons (Fsp3) is 0.267. The summed E-state index contributed by atoms with van der Waals surface area (Å²) in [6, 6.07) is 10.0. The van der Waals surface area contributed by atoms with Gasteiger partial charge in [-0.05, 0) is 37.1 Å². The number of halogens is 1. The molecule has 1 heterocycles. The molecule has 106 valence electrons. The van der Waals surface area contributed by atoms with Crippen LogP contribution in [0.3, 0.4) is 0 Å². The third-order valence-corrected chi connectivity index (χ3v) is 2.95. The molecular formula is C15H18FN3O. The lowest BCUT2D eigenvalue weighted by molar-refractivity contribution is 0.398. The molecule has 0 aliphatic rings. The van der Waals surface area contributed by atoms with E-state index in [0.29, 0.717) is 17.4 Å². The Morgan fingerprint density at radius 2 is 1.95 bits per heavy atom. The predicted octanol–water partition coefficient (Wildman–Crippen LogP) is 2.85. The predicted molar refractivity (Wildman–Crippen MR) is 78.4 cm³/mol. The van der Waals surface area contributed by atoms with Crippen LogP contribution in [0.4, 0.5) is 15.9 Å². The zero-order valence-electron chi connectivity index (χ0n) is 11.6. The number of hydrogen-bond acceptors (Lipinski definition) is 4. The summed E-state index contributed by atoms with van der Waals surface area (Å²) >= 11 is 0. The maximum absolute atomic E-state index is 12.9. The summed E-state index contributed by atoms with van der Waals surface area (Å²) in [4.78, 5) is 4.27. The first-order valence-corrected chi connectivity index (χ1v) is 6.40. The summed E-state index contributed by atoms with van der Waals surface area (Å²) in [6.07, 6.45) is 0.749. The standard InChI is InChI=1S/C15H18FN3O/c1-10(9-11-3-5-12(16)6-4-11)18-15-13(17)7-8-14(19-15)20-2/h3-8,10H,9,17H2,1-2H3,(H,18,19). The minimum absolute atomic E-state index is 0.113. The number of nitrogens with two attached hydrogens (primary N) is 1. The first-order chi connectivity index (χ1) is 9.58. The Labute approximate surface area is 117 Å². The van der Waals surface area contributed by atoms with Gasteiger partial charge in [0.25, 0.3) is 0 Å². The van der Waals surface area contributed by atoms with Crippen molar-refractivity contribution in [2.45, 2.75) is 19.4 Å². The Bertz CT molecular complexity index is 572. The third-order valence-electron chi connectivity index (χ3n) is 2.95. The molecule has 0 aliphatic carbocycles. The number of anilines is 2. The van der Waals surface area contributed by atoms with Crippen LogP contribution in [0.15, 0.2) is 36.4 Å². The molecule has 0 spiro atoms. The lowest BCUT2D eigenvalue weighted by Crippen LogP contribution is -2.20. The van der Waals surface area contributed by atoms with Crippen LogP contribution >= 0.6 is 0 Å². The van der Waals surface area contributed by atoms with Gasteiger partial charge in [0.2, 0.25) is 5.88 Å². The van der Waals surface area contributed by atoms with E-state index in [-0.39, 0.29) is 11.9 Å². The molecule has 0 amide bonds. The second-order valence-corrected chi connectivity index (χ2v) is 4.67. The van der Waals surface area contributed by atoms with Crippen molar-refractivity contribution in [2.24, 2.45) is 0 Å². The molecule has 0 bridgehead atoms. The van der Waals surface area contributed by atoms with Gasteiger partial charge in [-0.25, -0.2) is 4.39 Å². The molecule has 2 aromatic rings. The fourth-order valence-electron chi connectivity index (χ4n) is 1.94. The third kappa shape index (κ3) is 3.60. The van der Waals surface area contributed by atoms with E-state index in [4.69, 9.17) is 10.5 Å². The van der Waals surface area contributed by atoms with E-state index >= 15 is 0 Å². The van der Waals surface area contributed by atoms with Gasteiger partial charge in [0.05, 0.1) is 12.8 Å². The van der Waals surface area contributed by atoms with Crippen LogP contribution in [-0.4, -0.2) is 18.1 Å². The number of ether oxygens (including phenoxy) is 1. The van der Waals surface area contributed by atoms with Crippen molar-refractivity contribution < 1.29 is 9.13 Å². The summed E-state index contributed by atoms with van der Waals surface area (Å²) in [6.45, 7) is 2.02. The molecule has 0 fully saturated rings. The molecule has 20 heavy (non-hydrogen) atoms. The quantitative estimate of drug-likeness (QED) is 0.881. The molecule has 0 radical (unpaired) electrons. The Balaban J connectivity index is 2.04. The van der Waals surface area contributed by atoms with Crippen LogP contribution in [-0.2, 0) is 6.42 Å². The van der Waals surface area contributed by atoms with Gasteiger partial charge in [-0.15, -0.1) is 0 Å². The number of nitrogens with one attached hydrogen (secondary N) is 1. The summed E-state index contributed by atoms with van der Waals surface area (Å²) in [5, 5.41) is 3.24. The molecule has 1 aromatic carbocycles. The number of methoxy groups -OCH3 is 1. The monoisotopic (exact) mass is 275 g/mol. The lowest BCUT2D eigenvalue weighted by Gasteiger charge is -2.16. The summed E-state index contributed by atoms with van der Waals surface area (Å²) in [5.41, 5.74) is 7.49. The molecule has 0 aliphatic heterocycles. The van der Waals surface area contributed by atoms with Gasteiger partial charge in [0.15, 0.2) is 5.82 Å². The highest BCUT2D eigenvalue weighted by atomic mass is 19.1. The Hall–Kier alpha value is -2.30. The molecule has 4 nitrogen and oxygen atoms in total. The van der Waals surface area contributed by atoms with Crippen molar-refractivity contribution in [3.8, 4) is 5.88 Å². The smallest absolute Gasteiger partial charge is 0.215 e. The van der Waals surface area contributed by atoms with E-state index in [9.17, 15) is 4.39 Å². The first kappa shape index (κ1) is 14.1. The average Bonchev–Trinajstić information content (AvgIpc) is 2.44. The zero-order chi connectivity index (χ0) is 14.5. The lowest BCUT2D eigenvalue weighted by atomic mass is 10.1. The van der Waals surface area contributed by atoms with Gasteiger partial charge in [0.1, 0.15) is 5.82 Å². The molecular weight excluding hydrogens is 257 g/mol. The van der Waals surface area contributed by atoms with Gasteiger partial charge >= 0.3 is 0 Å². The van der Waals surface area contributed by atoms with Crippen molar-refractivity contribution in [3.63, 3.8) is 0 Å². The van der Waals surface area contributed by atoms with E-state index in [1.54, 1.807) is 31.4 Å². The molecule has 1 unspecified atom stereocenters. The number of nitrogens with zero attached hydrogens (tertiary/aromatic N) is 1. The Morgan fingerprint density at radius 1 is 1.25 bits per heavy atom. The molecule has 1 atom stereocenters. The molecule has 5 heteroatoms. The molecule has 2 rings (SSSR count). The molecule has 3 N–H and O–H groups in total. The van der Waals surface area contributed by atoms with Crippen LogP contribution in [0, 0.1) is 5.82 Å². The van der Waals surface area contributed by atoms with Crippen molar-refractivity contribution >= 4 is 11.5 Å². The highest BCUT2D eigenvalue weighted by Gasteiger charge is 2.08. The fourth-order valence-corrected chi connectivity index (χ4v) is 1.94. The Morgan fingerprint density at radius 3 is 2.60 bits per heavy atom. The van der Waals surface area contributed by atoms with Crippen molar-refractivity contribution in [3.05, 3.63) is 47.8 Å². The summed E-state index contributed by atoms with van der Waals surface area (Å²) < 4.78 is 17.9. The average molecular weight is 275 g/mol. The molecule has 1 aromatic heterocycles. The maximum Gasteiger partial charge on any atom is 0.215 e. The molecule has 0 saturated heterocycles. The van der Waals surface area contributed by atoms with E-state index < -0.39 is 0 Å². The van der Waals surface area contributed by atoms with Gasteiger partial charge in [-0.3, -0.25) is 0 Å². The number of rotatable bonds is 5. The number of hydrogen-bond donors (Lipinski definition) is 2. The minimum Gasteiger partial charge on any atom is -0.481 e. The second kappa shape index (κ2) is 6.23. The van der Waals surface area contributed by atoms with Gasteiger partial charge < -0.3 is 15.8 Å². The van der Waals surface area contributed by atoms with Crippen molar-refractivity contribution in [1.29, 1.82) is 0 Å². The zero-order valence-corrected chi connectivity index (χ0v) is 11.6. The van der Waals surface area contributed by atoms with E-state index in [1.807, 2.05) is 6.92 Å². The van der Waals surface area contributed by atoms with Crippen LogP contribution in [0.2, 0.25) is 0 Å². The van der Waals surface area contributed by atoms with Crippen LogP contribution < -0.4 is 15.8 Å². The number of pyridine rings is 1. The summed E-state index contributed by atoms with van der Waals surface area (Å²) in [5.74, 6) is 0.878. The van der Waals surface area contributed by atoms with Crippen LogP contribution in [0.5, 0.6) is 5.88 Å². The second-order valence-electron chi connectivity index (χ2n) is 4.67. The van der Waals surface area contributed by atoms with Crippen LogP contribution in [0.1, 0.15) is 12.5 Å². The maximum atomic E-state index is 12.9. The van der Waals surface area contributed by atoms with E-state index in [0.717, 1.165) is 12.0 Å². The SMILES string of the molecule is COc1ccc(N)c(NC(C)Cc2ccc(F)cc2)n1. The summed E-state index contributed by atoms with van der Waals surface area (Å²) in [7, 11) is 1.56. The van der Waals surface area contributed by atoms with E-state index in [2.05, 4.69) is 10.3 Å². The topological polar surface area (TPSA) is 60.2 Å². The van der Waals surface area contributed by atoms with E-state index in [1.165, 1.54) is 12.1 Å².